The summed E-state index contributed by atoms with van der Waals surface area (Å²) in [5.41, 5.74) is 12.5. The van der Waals surface area contributed by atoms with Gasteiger partial charge in [-0.3, -0.25) is 19.3 Å². The molecule has 0 radical (unpaired) electrons. The number of piperazine rings is 1. The van der Waals surface area contributed by atoms with Crippen LogP contribution in [0.5, 0.6) is 0 Å². The van der Waals surface area contributed by atoms with Crippen molar-refractivity contribution in [3.8, 4) is 6.07 Å². The highest BCUT2D eigenvalue weighted by Crippen LogP contribution is 2.36. The van der Waals surface area contributed by atoms with Crippen molar-refractivity contribution in [3.05, 3.63) is 29.8 Å². The van der Waals surface area contributed by atoms with E-state index in [1.54, 1.807) is 34.1 Å². The van der Waals surface area contributed by atoms with E-state index in [1.807, 2.05) is 4.90 Å². The van der Waals surface area contributed by atoms with E-state index in [1.165, 1.54) is 0 Å². The van der Waals surface area contributed by atoms with E-state index >= 15 is 0 Å². The molecule has 1 aromatic carbocycles. The smallest absolute Gasteiger partial charge is 0.248 e. The van der Waals surface area contributed by atoms with Crippen LogP contribution in [0, 0.1) is 11.3 Å². The fourth-order valence-electron chi connectivity index (χ4n) is 4.72. The second-order valence-corrected chi connectivity index (χ2v) is 7.91. The average Bonchev–Trinajstić information content (AvgIpc) is 3.41. The third kappa shape index (κ3) is 3.34. The number of amides is 3. The van der Waals surface area contributed by atoms with E-state index in [2.05, 4.69) is 6.07 Å². The van der Waals surface area contributed by atoms with Gasteiger partial charge in [-0.1, -0.05) is 6.07 Å². The molecule has 9 nitrogen and oxygen atoms in total. The van der Waals surface area contributed by atoms with Gasteiger partial charge >= 0.3 is 0 Å². The summed E-state index contributed by atoms with van der Waals surface area (Å²) in [6.07, 6.45) is 2.15. The number of likely N-dealkylation sites (tertiary alicyclic amines) is 2. The molecule has 29 heavy (non-hydrogen) atoms. The molecule has 4 atom stereocenters. The minimum atomic E-state index is -0.761. The van der Waals surface area contributed by atoms with Crippen LogP contribution in [0.3, 0.4) is 0 Å². The molecule has 3 saturated heterocycles. The van der Waals surface area contributed by atoms with Crippen LogP contribution in [0.25, 0.3) is 0 Å². The molecule has 0 aliphatic carbocycles. The van der Waals surface area contributed by atoms with Gasteiger partial charge in [0.2, 0.25) is 17.7 Å². The lowest BCUT2D eigenvalue weighted by atomic mass is 10.1. The predicted molar refractivity (Wildman–Crippen MR) is 105 cm³/mol. The van der Waals surface area contributed by atoms with Crippen LogP contribution in [0.1, 0.15) is 29.6 Å². The van der Waals surface area contributed by atoms with Gasteiger partial charge in [0.25, 0.3) is 0 Å². The normalized spacial score (nSPS) is 27.3. The maximum Gasteiger partial charge on any atom is 0.248 e. The Morgan fingerprint density at radius 1 is 1.34 bits per heavy atom. The highest BCUT2D eigenvalue weighted by molar-refractivity contribution is 6.02. The van der Waals surface area contributed by atoms with Crippen LogP contribution in [0.15, 0.2) is 24.3 Å². The molecule has 1 aromatic rings. The van der Waals surface area contributed by atoms with E-state index in [0.29, 0.717) is 37.2 Å². The molecule has 3 aliphatic rings. The molecule has 3 fully saturated rings. The highest BCUT2D eigenvalue weighted by Gasteiger charge is 2.50. The zero-order chi connectivity index (χ0) is 20.7. The van der Waals surface area contributed by atoms with Crippen molar-refractivity contribution in [3.63, 3.8) is 0 Å². The van der Waals surface area contributed by atoms with Crippen molar-refractivity contribution < 1.29 is 14.4 Å². The summed E-state index contributed by atoms with van der Waals surface area (Å²) in [7, 11) is 0. The Hall–Kier alpha value is -2.96. The largest absolute Gasteiger partial charge is 0.366 e. The molecule has 3 heterocycles. The molecule has 2 bridgehead atoms. The van der Waals surface area contributed by atoms with E-state index < -0.39 is 18.0 Å². The van der Waals surface area contributed by atoms with Crippen molar-refractivity contribution in [2.45, 2.75) is 43.4 Å². The Bertz CT molecular complexity index is 896. The minimum Gasteiger partial charge on any atom is -0.366 e. The van der Waals surface area contributed by atoms with E-state index in [9.17, 15) is 19.6 Å². The topological polar surface area (TPSA) is 137 Å². The van der Waals surface area contributed by atoms with Crippen molar-refractivity contribution >= 4 is 23.4 Å². The van der Waals surface area contributed by atoms with Crippen LogP contribution in [0.4, 0.5) is 5.69 Å². The fraction of sp³-hybridized carbons (Fsp3) is 0.500. The molecule has 0 spiro atoms. The van der Waals surface area contributed by atoms with Gasteiger partial charge in [0, 0.05) is 30.9 Å². The van der Waals surface area contributed by atoms with E-state index in [0.717, 1.165) is 6.42 Å². The summed E-state index contributed by atoms with van der Waals surface area (Å²) in [6.45, 7) is 1.45. The van der Waals surface area contributed by atoms with Crippen LogP contribution >= 0.6 is 0 Å². The summed E-state index contributed by atoms with van der Waals surface area (Å²) < 4.78 is 0. The Morgan fingerprint density at radius 2 is 2.14 bits per heavy atom. The standard InChI is InChI=1S/C20H24N6O3/c21-9-14-5-2-6-25(14)19(28)16(22)11-24-10-15-8-17(24)20(29)26(15)13-4-1-3-12(7-13)18(23)27/h1,3-4,7,14-17H,2,5-6,8,10-11,22H2,(H2,23,27)/t14-,15-,16-,17-/m0/s1. The molecule has 4 rings (SSSR count). The van der Waals surface area contributed by atoms with Gasteiger partial charge in [-0.25, -0.2) is 0 Å². The summed E-state index contributed by atoms with van der Waals surface area (Å²) in [5, 5.41) is 9.19. The quantitative estimate of drug-likeness (QED) is 0.683. The minimum absolute atomic E-state index is 0.0310. The SMILES string of the molecule is N#C[C@@H]1CCCN1C(=O)[C@@H](N)CN1C[C@@H]2C[C@H]1C(=O)N2c1cccc(C(N)=O)c1. The number of carbonyl (C=O) groups is 3. The molecular weight excluding hydrogens is 372 g/mol. The molecule has 3 aliphatic heterocycles. The number of benzene rings is 1. The Labute approximate surface area is 168 Å². The Morgan fingerprint density at radius 3 is 2.83 bits per heavy atom. The molecule has 0 saturated carbocycles. The zero-order valence-corrected chi connectivity index (χ0v) is 16.0. The molecule has 0 aromatic heterocycles. The van der Waals surface area contributed by atoms with Gasteiger partial charge in [0.05, 0.1) is 24.2 Å². The molecule has 4 N–H and O–H groups in total. The van der Waals surface area contributed by atoms with Crippen molar-refractivity contribution in [1.29, 1.82) is 5.26 Å². The first-order chi connectivity index (χ1) is 13.9. The first-order valence-electron chi connectivity index (χ1n) is 9.83. The third-order valence-electron chi connectivity index (χ3n) is 6.11. The maximum atomic E-state index is 13.0. The Kier molecular flexibility index (Phi) is 4.98. The van der Waals surface area contributed by atoms with Crippen molar-refractivity contribution in [2.24, 2.45) is 11.5 Å². The van der Waals surface area contributed by atoms with Gasteiger partial charge < -0.3 is 21.3 Å². The average molecular weight is 396 g/mol. The number of carbonyl (C=O) groups excluding carboxylic acids is 3. The van der Waals surface area contributed by atoms with Crippen LogP contribution in [-0.4, -0.2) is 71.3 Å². The Balaban J connectivity index is 1.42. The molecule has 9 heteroatoms. The van der Waals surface area contributed by atoms with Crippen LogP contribution < -0.4 is 16.4 Å². The van der Waals surface area contributed by atoms with E-state index in [-0.39, 0.29) is 30.4 Å². The maximum absolute atomic E-state index is 13.0. The van der Waals surface area contributed by atoms with Gasteiger partial charge in [0.15, 0.2) is 0 Å². The first kappa shape index (κ1) is 19.4. The van der Waals surface area contributed by atoms with Gasteiger partial charge in [0.1, 0.15) is 6.04 Å². The zero-order valence-electron chi connectivity index (χ0n) is 16.0. The summed E-state index contributed by atoms with van der Waals surface area (Å²) >= 11 is 0. The van der Waals surface area contributed by atoms with E-state index in [4.69, 9.17) is 11.5 Å². The summed E-state index contributed by atoms with van der Waals surface area (Å²) in [5.74, 6) is -0.818. The van der Waals surface area contributed by atoms with Gasteiger partial charge in [-0.15, -0.1) is 0 Å². The molecule has 152 valence electrons. The molecule has 3 amide bonds. The van der Waals surface area contributed by atoms with Crippen LogP contribution in [-0.2, 0) is 9.59 Å². The number of nitriles is 1. The number of nitrogens with two attached hydrogens (primary N) is 2. The first-order valence-corrected chi connectivity index (χ1v) is 9.83. The number of rotatable bonds is 5. The number of nitrogens with zero attached hydrogens (tertiary/aromatic N) is 4. The third-order valence-corrected chi connectivity index (χ3v) is 6.11. The predicted octanol–water partition coefficient (Wildman–Crippen LogP) is -0.583. The summed E-state index contributed by atoms with van der Waals surface area (Å²) in [6, 6.07) is 7.38. The lowest BCUT2D eigenvalue weighted by Crippen LogP contribution is -2.56. The van der Waals surface area contributed by atoms with Crippen LogP contribution in [0.2, 0.25) is 0 Å². The summed E-state index contributed by atoms with van der Waals surface area (Å²) in [4.78, 5) is 42.3. The van der Waals surface area contributed by atoms with Gasteiger partial charge in [-0.2, -0.15) is 5.26 Å². The lowest BCUT2D eigenvalue weighted by molar-refractivity contribution is -0.134. The number of fused-ring (bicyclic) bond motifs is 2. The van der Waals surface area contributed by atoms with Gasteiger partial charge in [-0.05, 0) is 37.5 Å². The number of anilines is 1. The monoisotopic (exact) mass is 396 g/mol. The fourth-order valence-corrected chi connectivity index (χ4v) is 4.72. The second kappa shape index (κ2) is 7.46. The molecule has 0 unspecified atom stereocenters. The lowest BCUT2D eigenvalue weighted by Gasteiger charge is -2.35. The molecular formula is C20H24N6O3. The number of hydrogen-bond donors (Lipinski definition) is 2. The second-order valence-electron chi connectivity index (χ2n) is 7.91. The number of hydrogen-bond acceptors (Lipinski definition) is 6. The highest BCUT2D eigenvalue weighted by atomic mass is 16.2. The van der Waals surface area contributed by atoms with Crippen molar-refractivity contribution in [2.75, 3.05) is 24.5 Å². The van der Waals surface area contributed by atoms with Crippen molar-refractivity contribution in [1.82, 2.24) is 9.80 Å². The number of primary amides is 1.